The molecule has 4 rings (SSSR count). The van der Waals surface area contributed by atoms with Gasteiger partial charge in [-0.25, -0.2) is 0 Å². The zero-order valence-electron chi connectivity index (χ0n) is 14.4. The second-order valence-electron chi connectivity index (χ2n) is 6.33. The van der Waals surface area contributed by atoms with E-state index in [0.29, 0.717) is 6.61 Å². The van der Waals surface area contributed by atoms with Crippen LogP contribution in [0, 0.1) is 6.92 Å². The molecule has 0 unspecified atom stereocenters. The number of ether oxygens (including phenoxy) is 1. The monoisotopic (exact) mass is 339 g/mol. The SMILES string of the molecule is Cc1ccc(OCc2nnc3n2CCN(Cc2ccoc2)[C@H]3C)cn1. The second-order valence-corrected chi connectivity index (χ2v) is 6.33. The summed E-state index contributed by atoms with van der Waals surface area (Å²) in [7, 11) is 0. The van der Waals surface area contributed by atoms with Crippen molar-refractivity contribution in [2.24, 2.45) is 0 Å². The molecule has 0 fully saturated rings. The molecule has 130 valence electrons. The van der Waals surface area contributed by atoms with E-state index in [2.05, 4.69) is 31.6 Å². The third kappa shape index (κ3) is 3.28. The van der Waals surface area contributed by atoms with Crippen LogP contribution in [-0.4, -0.2) is 31.2 Å². The van der Waals surface area contributed by atoms with Crippen LogP contribution < -0.4 is 4.74 Å². The maximum Gasteiger partial charge on any atom is 0.171 e. The fourth-order valence-electron chi connectivity index (χ4n) is 3.11. The van der Waals surface area contributed by atoms with Crippen LogP contribution in [0.15, 0.2) is 41.3 Å². The Hall–Kier alpha value is -2.67. The summed E-state index contributed by atoms with van der Waals surface area (Å²) in [5.74, 6) is 2.58. The van der Waals surface area contributed by atoms with Crippen molar-refractivity contribution in [3.05, 3.63) is 59.8 Å². The highest BCUT2D eigenvalue weighted by molar-refractivity contribution is 5.19. The molecule has 3 aromatic rings. The van der Waals surface area contributed by atoms with Crippen LogP contribution in [0.3, 0.4) is 0 Å². The summed E-state index contributed by atoms with van der Waals surface area (Å²) in [6, 6.07) is 6.06. The molecule has 1 atom stereocenters. The highest BCUT2D eigenvalue weighted by atomic mass is 16.5. The number of furan rings is 1. The number of rotatable bonds is 5. The van der Waals surface area contributed by atoms with E-state index in [1.807, 2.05) is 25.1 Å². The number of hydrogen-bond acceptors (Lipinski definition) is 6. The Balaban J connectivity index is 1.44. The van der Waals surface area contributed by atoms with Crippen molar-refractivity contribution in [2.75, 3.05) is 6.54 Å². The van der Waals surface area contributed by atoms with E-state index in [4.69, 9.17) is 9.15 Å². The first-order valence-electron chi connectivity index (χ1n) is 8.43. The van der Waals surface area contributed by atoms with Crippen molar-refractivity contribution in [2.45, 2.75) is 39.6 Å². The van der Waals surface area contributed by atoms with Crippen molar-refractivity contribution < 1.29 is 9.15 Å². The first-order chi connectivity index (χ1) is 12.2. The molecule has 0 spiro atoms. The van der Waals surface area contributed by atoms with E-state index in [9.17, 15) is 0 Å². The molecular weight excluding hydrogens is 318 g/mol. The molecule has 0 saturated heterocycles. The van der Waals surface area contributed by atoms with Gasteiger partial charge >= 0.3 is 0 Å². The maximum absolute atomic E-state index is 5.81. The molecule has 0 bridgehead atoms. The Morgan fingerprint density at radius 3 is 2.92 bits per heavy atom. The Kier molecular flexibility index (Phi) is 4.23. The lowest BCUT2D eigenvalue weighted by molar-refractivity contribution is 0.152. The number of aryl methyl sites for hydroxylation is 1. The summed E-state index contributed by atoms with van der Waals surface area (Å²) in [5, 5.41) is 8.73. The lowest BCUT2D eigenvalue weighted by atomic mass is 10.2. The molecule has 0 saturated carbocycles. The third-order valence-electron chi connectivity index (χ3n) is 4.61. The highest BCUT2D eigenvalue weighted by Crippen LogP contribution is 2.26. The van der Waals surface area contributed by atoms with Gasteiger partial charge < -0.3 is 13.7 Å². The van der Waals surface area contributed by atoms with Gasteiger partial charge in [-0.2, -0.15) is 0 Å². The average molecular weight is 339 g/mol. The quantitative estimate of drug-likeness (QED) is 0.712. The van der Waals surface area contributed by atoms with Crippen LogP contribution in [0.25, 0.3) is 0 Å². The van der Waals surface area contributed by atoms with Crippen molar-refractivity contribution in [3.63, 3.8) is 0 Å². The minimum atomic E-state index is 0.200. The minimum Gasteiger partial charge on any atom is -0.484 e. The van der Waals surface area contributed by atoms with Gasteiger partial charge in [0.1, 0.15) is 18.2 Å². The van der Waals surface area contributed by atoms with E-state index < -0.39 is 0 Å². The molecule has 1 aliphatic heterocycles. The topological polar surface area (TPSA) is 69.2 Å². The fourth-order valence-corrected chi connectivity index (χ4v) is 3.11. The van der Waals surface area contributed by atoms with Crippen LogP contribution in [0.1, 0.15) is 35.9 Å². The van der Waals surface area contributed by atoms with E-state index in [0.717, 1.165) is 42.7 Å². The number of nitrogens with zero attached hydrogens (tertiary/aromatic N) is 5. The molecule has 0 amide bonds. The van der Waals surface area contributed by atoms with Crippen LogP contribution in [0.4, 0.5) is 0 Å². The summed E-state index contributed by atoms with van der Waals surface area (Å²) < 4.78 is 13.1. The van der Waals surface area contributed by atoms with Crippen molar-refractivity contribution in [1.29, 1.82) is 0 Å². The molecule has 0 aromatic carbocycles. The predicted molar refractivity (Wildman–Crippen MR) is 90.9 cm³/mol. The van der Waals surface area contributed by atoms with E-state index >= 15 is 0 Å². The van der Waals surface area contributed by atoms with Crippen molar-refractivity contribution in [3.8, 4) is 5.75 Å². The lowest BCUT2D eigenvalue weighted by Crippen LogP contribution is -2.37. The van der Waals surface area contributed by atoms with Crippen LogP contribution in [-0.2, 0) is 19.7 Å². The highest BCUT2D eigenvalue weighted by Gasteiger charge is 2.28. The molecule has 7 nitrogen and oxygen atoms in total. The van der Waals surface area contributed by atoms with Crippen molar-refractivity contribution in [1.82, 2.24) is 24.6 Å². The van der Waals surface area contributed by atoms with Crippen molar-refractivity contribution >= 4 is 0 Å². The maximum atomic E-state index is 5.81. The Morgan fingerprint density at radius 2 is 2.16 bits per heavy atom. The summed E-state index contributed by atoms with van der Waals surface area (Å²) in [6.45, 7) is 7.16. The molecule has 3 aromatic heterocycles. The van der Waals surface area contributed by atoms with Gasteiger partial charge in [-0.05, 0) is 32.0 Å². The fraction of sp³-hybridized carbons (Fsp3) is 0.389. The number of pyridine rings is 1. The summed E-state index contributed by atoms with van der Waals surface area (Å²) in [6.07, 6.45) is 5.24. The van der Waals surface area contributed by atoms with Gasteiger partial charge in [0.05, 0.1) is 24.8 Å². The standard InChI is InChI=1S/C18H21N5O2/c1-13-3-4-16(9-19-13)25-12-17-20-21-18-14(2)22(6-7-23(17)18)10-15-5-8-24-11-15/h3-5,8-9,11,14H,6-7,10,12H2,1-2H3/t14-/m0/s1. The smallest absolute Gasteiger partial charge is 0.171 e. The summed E-state index contributed by atoms with van der Waals surface area (Å²) >= 11 is 0. The first-order valence-corrected chi connectivity index (χ1v) is 8.43. The predicted octanol–water partition coefficient (Wildman–Crippen LogP) is 2.73. The van der Waals surface area contributed by atoms with E-state index in [-0.39, 0.29) is 6.04 Å². The molecule has 7 heteroatoms. The Labute approximate surface area is 146 Å². The van der Waals surface area contributed by atoms with Crippen LogP contribution in [0.2, 0.25) is 0 Å². The zero-order chi connectivity index (χ0) is 17.2. The molecule has 0 radical (unpaired) electrons. The number of aromatic nitrogens is 4. The van der Waals surface area contributed by atoms with Gasteiger partial charge in [-0.1, -0.05) is 0 Å². The van der Waals surface area contributed by atoms with E-state index in [1.54, 1.807) is 18.7 Å². The van der Waals surface area contributed by atoms with Gasteiger partial charge in [0, 0.05) is 30.9 Å². The first kappa shape index (κ1) is 15.8. The largest absolute Gasteiger partial charge is 0.484 e. The lowest BCUT2D eigenvalue weighted by Gasteiger charge is -2.33. The molecule has 0 N–H and O–H groups in total. The normalized spacial score (nSPS) is 17.4. The van der Waals surface area contributed by atoms with Gasteiger partial charge in [-0.15, -0.1) is 10.2 Å². The van der Waals surface area contributed by atoms with Crippen LogP contribution in [0.5, 0.6) is 5.75 Å². The molecule has 0 aliphatic carbocycles. The van der Waals surface area contributed by atoms with Crippen LogP contribution >= 0.6 is 0 Å². The number of hydrogen-bond donors (Lipinski definition) is 0. The Morgan fingerprint density at radius 1 is 1.24 bits per heavy atom. The molecular formula is C18H21N5O2. The van der Waals surface area contributed by atoms with Gasteiger partial charge in [-0.3, -0.25) is 9.88 Å². The second kappa shape index (κ2) is 6.68. The van der Waals surface area contributed by atoms with Gasteiger partial charge in [0.15, 0.2) is 5.82 Å². The third-order valence-corrected chi connectivity index (χ3v) is 4.61. The molecule has 1 aliphatic rings. The van der Waals surface area contributed by atoms with E-state index in [1.165, 1.54) is 5.56 Å². The Bertz CT molecular complexity index is 826. The summed E-state index contributed by atoms with van der Waals surface area (Å²) in [4.78, 5) is 6.62. The molecule has 25 heavy (non-hydrogen) atoms. The zero-order valence-corrected chi connectivity index (χ0v) is 14.4. The van der Waals surface area contributed by atoms with Gasteiger partial charge in [0.25, 0.3) is 0 Å². The average Bonchev–Trinajstić information content (AvgIpc) is 3.27. The minimum absolute atomic E-state index is 0.200. The number of fused-ring (bicyclic) bond motifs is 1. The summed E-state index contributed by atoms with van der Waals surface area (Å²) in [5.41, 5.74) is 2.15. The van der Waals surface area contributed by atoms with Gasteiger partial charge in [0.2, 0.25) is 0 Å². The molecule has 4 heterocycles.